The summed E-state index contributed by atoms with van der Waals surface area (Å²) in [5.41, 5.74) is 1.12. The van der Waals surface area contributed by atoms with Crippen LogP contribution in [0.2, 0.25) is 0 Å². The van der Waals surface area contributed by atoms with Gasteiger partial charge in [0.25, 0.3) is 5.78 Å². The molecule has 1 aliphatic heterocycles. The molecule has 1 unspecified atom stereocenters. The highest BCUT2D eigenvalue weighted by atomic mass is 32.2. The summed E-state index contributed by atoms with van der Waals surface area (Å²) >= 11 is 0. The molecular formula is C16H16FN5O2S. The van der Waals surface area contributed by atoms with Crippen LogP contribution in [0.5, 0.6) is 0 Å². The van der Waals surface area contributed by atoms with Crippen molar-refractivity contribution in [3.8, 4) is 0 Å². The van der Waals surface area contributed by atoms with Crippen molar-refractivity contribution < 1.29 is 12.8 Å². The maximum Gasteiger partial charge on any atom is 0.252 e. The van der Waals surface area contributed by atoms with Crippen molar-refractivity contribution in [3.05, 3.63) is 53.9 Å². The molecule has 3 heterocycles. The van der Waals surface area contributed by atoms with Gasteiger partial charge in [0.05, 0.1) is 16.6 Å². The molecule has 25 heavy (non-hydrogen) atoms. The Balaban J connectivity index is 1.78. The van der Waals surface area contributed by atoms with Crippen LogP contribution in [0.1, 0.15) is 30.1 Å². The lowest BCUT2D eigenvalue weighted by Gasteiger charge is -2.24. The Hall–Kier alpha value is -2.39. The van der Waals surface area contributed by atoms with Crippen molar-refractivity contribution in [1.82, 2.24) is 23.9 Å². The van der Waals surface area contributed by atoms with Gasteiger partial charge in [-0.05, 0) is 43.5 Å². The predicted octanol–water partition coefficient (Wildman–Crippen LogP) is 2.10. The lowest BCUT2D eigenvalue weighted by atomic mass is 10.1. The molecule has 2 aromatic heterocycles. The zero-order chi connectivity index (χ0) is 17.6. The van der Waals surface area contributed by atoms with Crippen LogP contribution in [-0.4, -0.2) is 38.8 Å². The van der Waals surface area contributed by atoms with Gasteiger partial charge in [0.15, 0.2) is 0 Å². The minimum Gasteiger partial charge on any atom is -0.220 e. The molecule has 0 bridgehead atoms. The second kappa shape index (κ2) is 5.85. The maximum atomic E-state index is 13.9. The highest BCUT2D eigenvalue weighted by molar-refractivity contribution is 7.89. The van der Waals surface area contributed by atoms with E-state index in [0.717, 1.165) is 12.5 Å². The quantitative estimate of drug-likeness (QED) is 0.714. The first-order chi connectivity index (χ1) is 12.0. The van der Waals surface area contributed by atoms with Gasteiger partial charge in [0.1, 0.15) is 12.1 Å². The minimum absolute atomic E-state index is 0.0357. The van der Waals surface area contributed by atoms with E-state index in [1.54, 1.807) is 23.7 Å². The Morgan fingerprint density at radius 3 is 2.88 bits per heavy atom. The zero-order valence-corrected chi connectivity index (χ0v) is 14.3. The normalized spacial score (nSPS) is 18.9. The van der Waals surface area contributed by atoms with Crippen molar-refractivity contribution in [2.75, 3.05) is 6.54 Å². The van der Waals surface area contributed by atoms with Gasteiger partial charge in [0.2, 0.25) is 10.0 Å². The third-order valence-corrected chi connectivity index (χ3v) is 6.41. The van der Waals surface area contributed by atoms with Gasteiger partial charge in [-0.15, -0.1) is 0 Å². The second-order valence-electron chi connectivity index (χ2n) is 6.03. The Kier molecular flexibility index (Phi) is 3.77. The lowest BCUT2D eigenvalue weighted by molar-refractivity contribution is 0.385. The number of benzene rings is 1. The van der Waals surface area contributed by atoms with E-state index in [2.05, 4.69) is 15.1 Å². The lowest BCUT2D eigenvalue weighted by Crippen LogP contribution is -2.31. The first-order valence-electron chi connectivity index (χ1n) is 7.91. The van der Waals surface area contributed by atoms with Crippen LogP contribution in [0.25, 0.3) is 5.78 Å². The third-order valence-electron chi connectivity index (χ3n) is 4.50. The molecule has 1 saturated heterocycles. The molecule has 0 spiro atoms. The molecule has 4 rings (SSSR count). The molecule has 0 N–H and O–H groups in total. The average Bonchev–Trinajstić information content (AvgIpc) is 3.25. The predicted molar refractivity (Wildman–Crippen MR) is 87.8 cm³/mol. The van der Waals surface area contributed by atoms with Gasteiger partial charge >= 0.3 is 0 Å². The highest BCUT2D eigenvalue weighted by Crippen LogP contribution is 2.36. The summed E-state index contributed by atoms with van der Waals surface area (Å²) < 4.78 is 42.9. The number of sulfonamides is 1. The number of aryl methyl sites for hydroxylation is 1. The minimum atomic E-state index is -3.82. The molecule has 130 valence electrons. The van der Waals surface area contributed by atoms with Crippen LogP contribution in [0.4, 0.5) is 4.39 Å². The van der Waals surface area contributed by atoms with Gasteiger partial charge in [-0.25, -0.2) is 17.8 Å². The standard InChI is InChI=1S/C16H16FN5O2S/c1-11-4-5-12(9-13(11)17)25(23,24)21-8-2-3-14(21)15-6-7-18-16-19-10-20-22(15)16/h4-7,9-10,14H,2-3,8H2,1H3. The molecule has 7 nitrogen and oxygen atoms in total. The molecule has 1 fully saturated rings. The first-order valence-corrected chi connectivity index (χ1v) is 9.35. The monoisotopic (exact) mass is 361 g/mol. The molecule has 0 saturated carbocycles. The Labute approximate surface area is 144 Å². The number of aromatic nitrogens is 4. The van der Waals surface area contributed by atoms with Crippen LogP contribution < -0.4 is 0 Å². The summed E-state index contributed by atoms with van der Waals surface area (Å²) in [5, 5.41) is 4.14. The SMILES string of the molecule is Cc1ccc(S(=O)(=O)N2CCCC2c2ccnc3ncnn23)cc1F. The fourth-order valence-corrected chi connectivity index (χ4v) is 4.88. The van der Waals surface area contributed by atoms with Gasteiger partial charge in [0, 0.05) is 12.7 Å². The average molecular weight is 361 g/mol. The summed E-state index contributed by atoms with van der Waals surface area (Å²) in [7, 11) is -3.82. The summed E-state index contributed by atoms with van der Waals surface area (Å²) in [6, 6.07) is 5.37. The van der Waals surface area contributed by atoms with Gasteiger partial charge in [-0.3, -0.25) is 0 Å². The highest BCUT2D eigenvalue weighted by Gasteiger charge is 2.37. The third kappa shape index (κ3) is 2.59. The molecule has 0 radical (unpaired) electrons. The molecule has 0 aliphatic carbocycles. The van der Waals surface area contributed by atoms with E-state index in [4.69, 9.17) is 0 Å². The van der Waals surface area contributed by atoms with E-state index in [-0.39, 0.29) is 10.9 Å². The van der Waals surface area contributed by atoms with E-state index in [1.807, 2.05) is 0 Å². The number of rotatable bonds is 3. The van der Waals surface area contributed by atoms with Crippen molar-refractivity contribution in [1.29, 1.82) is 0 Å². The molecule has 1 aliphatic rings. The van der Waals surface area contributed by atoms with Crippen molar-refractivity contribution in [3.63, 3.8) is 0 Å². The summed E-state index contributed by atoms with van der Waals surface area (Å²) in [6.45, 7) is 1.98. The summed E-state index contributed by atoms with van der Waals surface area (Å²) in [4.78, 5) is 8.12. The maximum absolute atomic E-state index is 13.9. The molecule has 0 amide bonds. The fourth-order valence-electron chi connectivity index (χ4n) is 3.20. The Morgan fingerprint density at radius 1 is 1.24 bits per heavy atom. The zero-order valence-electron chi connectivity index (χ0n) is 13.5. The van der Waals surface area contributed by atoms with Crippen LogP contribution in [0.15, 0.2) is 41.7 Å². The van der Waals surface area contributed by atoms with E-state index in [1.165, 1.54) is 22.8 Å². The number of fused-ring (bicyclic) bond motifs is 1. The summed E-state index contributed by atoms with van der Waals surface area (Å²) in [5.74, 6) is -0.109. The van der Waals surface area contributed by atoms with E-state index < -0.39 is 15.8 Å². The molecular weight excluding hydrogens is 345 g/mol. The van der Waals surface area contributed by atoms with Crippen LogP contribution in [0.3, 0.4) is 0 Å². The fraction of sp³-hybridized carbons (Fsp3) is 0.312. The Morgan fingerprint density at radius 2 is 2.08 bits per heavy atom. The number of nitrogens with zero attached hydrogens (tertiary/aromatic N) is 5. The van der Waals surface area contributed by atoms with Crippen LogP contribution >= 0.6 is 0 Å². The van der Waals surface area contributed by atoms with Gasteiger partial charge in [-0.2, -0.15) is 18.9 Å². The van der Waals surface area contributed by atoms with Gasteiger partial charge in [-0.1, -0.05) is 6.07 Å². The van der Waals surface area contributed by atoms with Crippen molar-refractivity contribution >= 4 is 15.8 Å². The van der Waals surface area contributed by atoms with E-state index in [0.29, 0.717) is 30.0 Å². The van der Waals surface area contributed by atoms with Crippen molar-refractivity contribution in [2.24, 2.45) is 0 Å². The topological polar surface area (TPSA) is 80.5 Å². The smallest absolute Gasteiger partial charge is 0.220 e. The Bertz CT molecular complexity index is 1050. The first kappa shape index (κ1) is 16.1. The molecule has 1 atom stereocenters. The number of hydrogen-bond acceptors (Lipinski definition) is 5. The second-order valence-corrected chi connectivity index (χ2v) is 7.92. The van der Waals surface area contributed by atoms with E-state index >= 15 is 0 Å². The van der Waals surface area contributed by atoms with E-state index in [9.17, 15) is 12.8 Å². The van der Waals surface area contributed by atoms with Crippen LogP contribution in [0, 0.1) is 12.7 Å². The van der Waals surface area contributed by atoms with Gasteiger partial charge < -0.3 is 0 Å². The largest absolute Gasteiger partial charge is 0.252 e. The molecule has 3 aromatic rings. The number of halogens is 1. The van der Waals surface area contributed by atoms with Crippen LogP contribution in [-0.2, 0) is 10.0 Å². The number of hydrogen-bond donors (Lipinski definition) is 0. The van der Waals surface area contributed by atoms with Crippen molar-refractivity contribution in [2.45, 2.75) is 30.7 Å². The summed E-state index contributed by atoms with van der Waals surface area (Å²) in [6.07, 6.45) is 4.35. The molecule has 1 aromatic carbocycles. The molecule has 9 heteroatoms.